The minimum atomic E-state index is -1.05. The van der Waals surface area contributed by atoms with Gasteiger partial charge in [-0.1, -0.05) is 18.2 Å². The van der Waals surface area contributed by atoms with Gasteiger partial charge in [-0.25, -0.2) is 4.79 Å². The number of ether oxygens (including phenoxy) is 1. The Morgan fingerprint density at radius 2 is 1.86 bits per heavy atom. The topological polar surface area (TPSA) is 104 Å². The lowest BCUT2D eigenvalue weighted by Crippen LogP contribution is -2.30. The van der Waals surface area contributed by atoms with E-state index >= 15 is 0 Å². The second-order valence-corrected chi connectivity index (χ2v) is 5.22. The average Bonchev–Trinajstić information content (AvgIpc) is 2.74. The number of carbonyl (C=O) groups is 2. The highest BCUT2D eigenvalue weighted by molar-refractivity contribution is 5.89. The quantitative estimate of drug-likeness (QED) is 0.690. The van der Waals surface area contributed by atoms with Crippen LogP contribution in [0.5, 0.6) is 0 Å². The Kier molecular flexibility index (Phi) is 4.93. The SMILES string of the molecule is O=C(O)CC1[C@@H](CO)[C@H](OC(=O)c2ccccc2)C[C@@H]1O. The number of carboxylic acid groups (broad SMARTS) is 1. The van der Waals surface area contributed by atoms with Gasteiger partial charge in [-0.15, -0.1) is 0 Å². The second kappa shape index (κ2) is 6.69. The van der Waals surface area contributed by atoms with Gasteiger partial charge in [-0.05, 0) is 12.1 Å². The molecule has 0 heterocycles. The van der Waals surface area contributed by atoms with Crippen molar-refractivity contribution in [2.24, 2.45) is 11.8 Å². The summed E-state index contributed by atoms with van der Waals surface area (Å²) in [6.07, 6.45) is -1.69. The van der Waals surface area contributed by atoms with Crippen LogP contribution in [-0.4, -0.2) is 46.1 Å². The number of aliphatic hydroxyl groups is 2. The van der Waals surface area contributed by atoms with Gasteiger partial charge in [0.05, 0.1) is 18.1 Å². The van der Waals surface area contributed by atoms with Gasteiger partial charge in [-0.2, -0.15) is 0 Å². The average molecular weight is 294 g/mol. The first-order valence-corrected chi connectivity index (χ1v) is 6.79. The van der Waals surface area contributed by atoms with Crippen molar-refractivity contribution < 1.29 is 29.6 Å². The molecule has 114 valence electrons. The molecule has 0 aromatic heterocycles. The predicted octanol–water partition coefficient (Wildman–Crippen LogP) is 0.676. The maximum absolute atomic E-state index is 12.0. The van der Waals surface area contributed by atoms with Crippen LogP contribution in [-0.2, 0) is 9.53 Å². The summed E-state index contributed by atoms with van der Waals surface area (Å²) in [5.41, 5.74) is 0.380. The molecule has 1 saturated carbocycles. The summed E-state index contributed by atoms with van der Waals surface area (Å²) in [6, 6.07) is 8.40. The summed E-state index contributed by atoms with van der Waals surface area (Å²) in [7, 11) is 0. The van der Waals surface area contributed by atoms with Crippen LogP contribution < -0.4 is 0 Å². The molecular formula is C15H18O6. The fraction of sp³-hybridized carbons (Fsp3) is 0.467. The van der Waals surface area contributed by atoms with Crippen molar-refractivity contribution in [2.75, 3.05) is 6.61 Å². The zero-order chi connectivity index (χ0) is 15.4. The first kappa shape index (κ1) is 15.5. The standard InChI is InChI=1S/C15H18O6/c16-8-11-10(6-14(18)19)12(17)7-13(11)21-15(20)9-4-2-1-3-5-9/h1-5,10-13,16-17H,6-8H2,(H,18,19)/t10?,11-,12+,13-/m1/s1. The van der Waals surface area contributed by atoms with E-state index in [2.05, 4.69) is 0 Å². The molecule has 6 heteroatoms. The van der Waals surface area contributed by atoms with Crippen molar-refractivity contribution in [1.29, 1.82) is 0 Å². The summed E-state index contributed by atoms with van der Waals surface area (Å²) in [5, 5.41) is 28.2. The van der Waals surface area contributed by atoms with Crippen molar-refractivity contribution in [3.63, 3.8) is 0 Å². The third-order valence-electron chi connectivity index (χ3n) is 3.88. The molecule has 0 amide bonds. The smallest absolute Gasteiger partial charge is 0.338 e. The molecule has 4 atom stereocenters. The lowest BCUT2D eigenvalue weighted by Gasteiger charge is -2.22. The zero-order valence-electron chi connectivity index (χ0n) is 11.4. The van der Waals surface area contributed by atoms with Gasteiger partial charge < -0.3 is 20.1 Å². The fourth-order valence-corrected chi connectivity index (χ4v) is 2.81. The van der Waals surface area contributed by atoms with Crippen LogP contribution >= 0.6 is 0 Å². The molecule has 0 aliphatic heterocycles. The Morgan fingerprint density at radius 1 is 1.19 bits per heavy atom. The molecule has 1 aliphatic carbocycles. The van der Waals surface area contributed by atoms with E-state index in [9.17, 15) is 19.8 Å². The number of rotatable bonds is 5. The molecule has 0 bridgehead atoms. The van der Waals surface area contributed by atoms with E-state index < -0.39 is 36.0 Å². The van der Waals surface area contributed by atoms with Gasteiger partial charge in [0.15, 0.2) is 0 Å². The molecule has 0 spiro atoms. The molecule has 3 N–H and O–H groups in total. The molecule has 21 heavy (non-hydrogen) atoms. The molecule has 0 saturated heterocycles. The number of benzene rings is 1. The van der Waals surface area contributed by atoms with E-state index in [1.54, 1.807) is 30.3 Å². The van der Waals surface area contributed by atoms with E-state index in [1.165, 1.54) is 0 Å². The largest absolute Gasteiger partial charge is 0.481 e. The van der Waals surface area contributed by atoms with Crippen LogP contribution in [0.25, 0.3) is 0 Å². The second-order valence-electron chi connectivity index (χ2n) is 5.22. The normalized spacial score (nSPS) is 28.3. The summed E-state index contributed by atoms with van der Waals surface area (Å²) < 4.78 is 5.33. The summed E-state index contributed by atoms with van der Waals surface area (Å²) >= 11 is 0. The third-order valence-corrected chi connectivity index (χ3v) is 3.88. The number of esters is 1. The third kappa shape index (κ3) is 3.59. The summed E-state index contributed by atoms with van der Waals surface area (Å²) in [5.74, 6) is -2.76. The van der Waals surface area contributed by atoms with Crippen molar-refractivity contribution in [3.8, 4) is 0 Å². The number of aliphatic hydroxyl groups excluding tert-OH is 2. The fourth-order valence-electron chi connectivity index (χ4n) is 2.81. The van der Waals surface area contributed by atoms with Crippen molar-refractivity contribution >= 4 is 11.9 Å². The highest BCUT2D eigenvalue weighted by Gasteiger charge is 2.45. The van der Waals surface area contributed by atoms with Gasteiger partial charge in [0.25, 0.3) is 0 Å². The van der Waals surface area contributed by atoms with Crippen LogP contribution in [0.15, 0.2) is 30.3 Å². The van der Waals surface area contributed by atoms with Gasteiger partial charge in [0.1, 0.15) is 6.10 Å². The monoisotopic (exact) mass is 294 g/mol. The molecule has 1 aromatic rings. The molecule has 6 nitrogen and oxygen atoms in total. The Hall–Kier alpha value is -1.92. The van der Waals surface area contributed by atoms with Crippen molar-refractivity contribution in [3.05, 3.63) is 35.9 Å². The Labute approximate surface area is 122 Å². The highest BCUT2D eigenvalue weighted by atomic mass is 16.5. The van der Waals surface area contributed by atoms with Gasteiger partial charge in [0.2, 0.25) is 0 Å². The molecule has 1 unspecified atom stereocenters. The van der Waals surface area contributed by atoms with E-state index in [0.717, 1.165) is 0 Å². The van der Waals surface area contributed by atoms with Crippen molar-refractivity contribution in [2.45, 2.75) is 25.0 Å². The number of hydrogen-bond acceptors (Lipinski definition) is 5. The van der Waals surface area contributed by atoms with Crippen LogP contribution in [0, 0.1) is 11.8 Å². The Bertz CT molecular complexity index is 500. The molecular weight excluding hydrogens is 276 g/mol. The summed E-state index contributed by atoms with van der Waals surface area (Å²) in [6.45, 7) is -0.332. The molecule has 0 radical (unpaired) electrons. The van der Waals surface area contributed by atoms with E-state index in [-0.39, 0.29) is 19.4 Å². The predicted molar refractivity (Wildman–Crippen MR) is 72.6 cm³/mol. The molecule has 2 rings (SSSR count). The minimum absolute atomic E-state index is 0.141. The lowest BCUT2D eigenvalue weighted by molar-refractivity contribution is -0.139. The van der Waals surface area contributed by atoms with Gasteiger partial charge >= 0.3 is 11.9 Å². The minimum Gasteiger partial charge on any atom is -0.481 e. The first-order chi connectivity index (χ1) is 10.0. The van der Waals surface area contributed by atoms with Crippen LogP contribution in [0.4, 0.5) is 0 Å². The Balaban J connectivity index is 2.06. The van der Waals surface area contributed by atoms with E-state index in [1.807, 2.05) is 0 Å². The maximum Gasteiger partial charge on any atom is 0.338 e. The van der Waals surface area contributed by atoms with Crippen LogP contribution in [0.1, 0.15) is 23.2 Å². The van der Waals surface area contributed by atoms with Crippen molar-refractivity contribution in [1.82, 2.24) is 0 Å². The van der Waals surface area contributed by atoms with Gasteiger partial charge in [-0.3, -0.25) is 4.79 Å². The number of carboxylic acids is 1. The number of hydrogen-bond donors (Lipinski definition) is 3. The first-order valence-electron chi connectivity index (χ1n) is 6.79. The molecule has 1 aromatic carbocycles. The zero-order valence-corrected chi connectivity index (χ0v) is 11.4. The number of aliphatic carboxylic acids is 1. The summed E-state index contributed by atoms with van der Waals surface area (Å²) in [4.78, 5) is 22.8. The van der Waals surface area contributed by atoms with E-state index in [4.69, 9.17) is 9.84 Å². The number of carbonyl (C=O) groups excluding carboxylic acids is 1. The molecule has 1 aliphatic rings. The van der Waals surface area contributed by atoms with Crippen LogP contribution in [0.3, 0.4) is 0 Å². The lowest BCUT2D eigenvalue weighted by atomic mass is 9.91. The highest BCUT2D eigenvalue weighted by Crippen LogP contribution is 2.36. The Morgan fingerprint density at radius 3 is 2.43 bits per heavy atom. The van der Waals surface area contributed by atoms with E-state index in [0.29, 0.717) is 5.56 Å². The molecule has 1 fully saturated rings. The maximum atomic E-state index is 12.0. The van der Waals surface area contributed by atoms with Crippen LogP contribution in [0.2, 0.25) is 0 Å². The van der Waals surface area contributed by atoms with Gasteiger partial charge in [0, 0.05) is 24.9 Å².